The first-order valence-corrected chi connectivity index (χ1v) is 9.16. The molecule has 1 aliphatic rings. The zero-order chi connectivity index (χ0) is 17.1. The van der Waals surface area contributed by atoms with E-state index < -0.39 is 0 Å². The van der Waals surface area contributed by atoms with Gasteiger partial charge in [-0.25, -0.2) is 0 Å². The van der Waals surface area contributed by atoms with Crippen molar-refractivity contribution in [3.05, 3.63) is 52.4 Å². The van der Waals surface area contributed by atoms with Gasteiger partial charge >= 0.3 is 0 Å². The van der Waals surface area contributed by atoms with Crippen LogP contribution in [0.25, 0.3) is 0 Å². The molecule has 1 aromatic carbocycles. The first-order valence-electron chi connectivity index (χ1n) is 8.35. The predicted molar refractivity (Wildman–Crippen MR) is 97.3 cm³/mol. The molecule has 4 nitrogen and oxygen atoms in total. The summed E-state index contributed by atoms with van der Waals surface area (Å²) in [6.07, 6.45) is 2.77. The lowest BCUT2D eigenvalue weighted by molar-refractivity contribution is -0.117. The standard InChI is InChI=1S/C19H22N2O2S/c1-3-15(13-6-4-12(2)5-7-13)20-19(23)16-10-11-17(24-16)21-18(22)14-8-9-14/h4-7,10-11,14-15H,3,8-9H2,1-2H3,(H,20,23)(H,21,22)/t15-/m0/s1. The quantitative estimate of drug-likeness (QED) is 0.823. The van der Waals surface area contributed by atoms with Crippen LogP contribution in [-0.2, 0) is 4.79 Å². The highest BCUT2D eigenvalue weighted by molar-refractivity contribution is 7.18. The molecule has 1 fully saturated rings. The van der Waals surface area contributed by atoms with Crippen LogP contribution in [0, 0.1) is 12.8 Å². The number of hydrogen-bond acceptors (Lipinski definition) is 3. The van der Waals surface area contributed by atoms with Gasteiger partial charge in [0.1, 0.15) is 0 Å². The van der Waals surface area contributed by atoms with Crippen molar-refractivity contribution in [3.63, 3.8) is 0 Å². The number of hydrogen-bond donors (Lipinski definition) is 2. The average Bonchev–Trinajstić information content (AvgIpc) is 3.33. The van der Waals surface area contributed by atoms with Gasteiger partial charge in [-0.2, -0.15) is 0 Å². The Morgan fingerprint density at radius 1 is 1.17 bits per heavy atom. The van der Waals surface area contributed by atoms with Gasteiger partial charge in [0.2, 0.25) is 5.91 Å². The van der Waals surface area contributed by atoms with Crippen molar-refractivity contribution in [2.45, 2.75) is 39.2 Å². The topological polar surface area (TPSA) is 58.2 Å². The van der Waals surface area contributed by atoms with Crippen molar-refractivity contribution in [2.75, 3.05) is 5.32 Å². The van der Waals surface area contributed by atoms with Crippen molar-refractivity contribution < 1.29 is 9.59 Å². The highest BCUT2D eigenvalue weighted by atomic mass is 32.1. The smallest absolute Gasteiger partial charge is 0.261 e. The molecule has 0 unspecified atom stereocenters. The van der Waals surface area contributed by atoms with Gasteiger partial charge in [-0.05, 0) is 43.9 Å². The van der Waals surface area contributed by atoms with Crippen LogP contribution in [0.5, 0.6) is 0 Å². The molecule has 126 valence electrons. The predicted octanol–water partition coefficient (Wildman–Crippen LogP) is 4.29. The Morgan fingerprint density at radius 3 is 2.50 bits per heavy atom. The number of thiophene rings is 1. The van der Waals surface area contributed by atoms with Crippen LogP contribution in [0.15, 0.2) is 36.4 Å². The van der Waals surface area contributed by atoms with Crippen LogP contribution in [0.2, 0.25) is 0 Å². The van der Waals surface area contributed by atoms with Gasteiger partial charge in [-0.15, -0.1) is 11.3 Å². The van der Waals surface area contributed by atoms with E-state index in [0.717, 1.165) is 29.8 Å². The molecule has 24 heavy (non-hydrogen) atoms. The van der Waals surface area contributed by atoms with E-state index in [1.54, 1.807) is 12.1 Å². The van der Waals surface area contributed by atoms with E-state index in [4.69, 9.17) is 0 Å². The molecule has 3 rings (SSSR count). The van der Waals surface area contributed by atoms with E-state index >= 15 is 0 Å². The van der Waals surface area contributed by atoms with Crippen molar-refractivity contribution in [1.29, 1.82) is 0 Å². The Bertz CT molecular complexity index is 732. The second-order valence-electron chi connectivity index (χ2n) is 6.27. The molecule has 5 heteroatoms. The van der Waals surface area contributed by atoms with Crippen molar-refractivity contribution >= 4 is 28.2 Å². The van der Waals surface area contributed by atoms with Crippen molar-refractivity contribution in [3.8, 4) is 0 Å². The minimum atomic E-state index is -0.0978. The number of aryl methyl sites for hydroxylation is 1. The van der Waals surface area contributed by atoms with Crippen molar-refractivity contribution in [2.24, 2.45) is 5.92 Å². The third-order valence-corrected chi connectivity index (χ3v) is 5.22. The lowest BCUT2D eigenvalue weighted by Crippen LogP contribution is -2.27. The summed E-state index contributed by atoms with van der Waals surface area (Å²) in [6, 6.07) is 11.8. The normalized spacial score (nSPS) is 14.9. The maximum atomic E-state index is 12.5. The fourth-order valence-corrected chi connectivity index (χ4v) is 3.36. The fraction of sp³-hybridized carbons (Fsp3) is 0.368. The number of rotatable bonds is 6. The van der Waals surface area contributed by atoms with E-state index in [9.17, 15) is 9.59 Å². The zero-order valence-corrected chi connectivity index (χ0v) is 14.8. The Morgan fingerprint density at radius 2 is 1.88 bits per heavy atom. The second kappa shape index (κ2) is 7.18. The molecule has 0 aliphatic heterocycles. The monoisotopic (exact) mass is 342 g/mol. The summed E-state index contributed by atoms with van der Waals surface area (Å²) in [4.78, 5) is 24.9. The summed E-state index contributed by atoms with van der Waals surface area (Å²) in [5.74, 6) is 0.129. The average molecular weight is 342 g/mol. The molecule has 1 saturated carbocycles. The summed E-state index contributed by atoms with van der Waals surface area (Å²) in [6.45, 7) is 4.10. The Balaban J connectivity index is 1.63. The molecule has 0 spiro atoms. The van der Waals surface area contributed by atoms with Crippen LogP contribution >= 0.6 is 11.3 Å². The summed E-state index contributed by atoms with van der Waals surface area (Å²) in [5.41, 5.74) is 2.31. The third-order valence-electron chi connectivity index (χ3n) is 4.22. The summed E-state index contributed by atoms with van der Waals surface area (Å²) < 4.78 is 0. The Labute approximate surface area is 146 Å². The maximum absolute atomic E-state index is 12.5. The number of anilines is 1. The van der Waals surface area contributed by atoms with Gasteiger partial charge in [0.05, 0.1) is 15.9 Å². The van der Waals surface area contributed by atoms with Gasteiger partial charge in [-0.3, -0.25) is 9.59 Å². The SMILES string of the molecule is CC[C@H](NC(=O)c1ccc(NC(=O)C2CC2)s1)c1ccc(C)cc1. The molecule has 1 aliphatic carbocycles. The van der Waals surface area contributed by atoms with Crippen LogP contribution in [0.3, 0.4) is 0 Å². The summed E-state index contributed by atoms with van der Waals surface area (Å²) >= 11 is 1.32. The minimum absolute atomic E-state index is 0.00953. The van der Waals surface area contributed by atoms with E-state index in [1.807, 2.05) is 6.92 Å². The highest BCUT2D eigenvalue weighted by Gasteiger charge is 2.30. The molecular formula is C19H22N2O2S. The number of benzene rings is 1. The number of carbonyl (C=O) groups is 2. The van der Waals surface area contributed by atoms with E-state index in [-0.39, 0.29) is 23.8 Å². The van der Waals surface area contributed by atoms with Gasteiger partial charge in [0, 0.05) is 5.92 Å². The van der Waals surface area contributed by atoms with Crippen molar-refractivity contribution in [1.82, 2.24) is 5.32 Å². The number of amides is 2. The molecular weight excluding hydrogens is 320 g/mol. The lowest BCUT2D eigenvalue weighted by atomic mass is 10.0. The minimum Gasteiger partial charge on any atom is -0.345 e. The van der Waals surface area contributed by atoms with Crippen LogP contribution in [-0.4, -0.2) is 11.8 Å². The van der Waals surface area contributed by atoms with E-state index in [1.165, 1.54) is 16.9 Å². The van der Waals surface area contributed by atoms with Crippen LogP contribution in [0.1, 0.15) is 53.0 Å². The molecule has 1 aromatic heterocycles. The second-order valence-corrected chi connectivity index (χ2v) is 7.36. The van der Waals surface area contributed by atoms with E-state index in [0.29, 0.717) is 4.88 Å². The molecule has 2 aromatic rings. The summed E-state index contributed by atoms with van der Waals surface area (Å²) in [7, 11) is 0. The molecule has 2 N–H and O–H groups in total. The van der Waals surface area contributed by atoms with Crippen LogP contribution in [0.4, 0.5) is 5.00 Å². The molecule has 0 radical (unpaired) electrons. The number of carbonyl (C=O) groups excluding carboxylic acids is 2. The van der Waals surface area contributed by atoms with Gasteiger partial charge in [0.25, 0.3) is 5.91 Å². The van der Waals surface area contributed by atoms with Gasteiger partial charge < -0.3 is 10.6 Å². The Kier molecular flexibility index (Phi) is 5.00. The molecule has 2 amide bonds. The largest absolute Gasteiger partial charge is 0.345 e. The van der Waals surface area contributed by atoms with Gasteiger partial charge in [-0.1, -0.05) is 36.8 Å². The number of nitrogens with one attached hydrogen (secondary N) is 2. The molecule has 1 heterocycles. The highest BCUT2D eigenvalue weighted by Crippen LogP contribution is 2.31. The van der Waals surface area contributed by atoms with Gasteiger partial charge in [0.15, 0.2) is 0 Å². The molecule has 0 bridgehead atoms. The lowest BCUT2D eigenvalue weighted by Gasteiger charge is -2.17. The van der Waals surface area contributed by atoms with Crippen LogP contribution < -0.4 is 10.6 Å². The third kappa shape index (κ3) is 4.03. The molecule has 1 atom stereocenters. The Hall–Kier alpha value is -2.14. The summed E-state index contributed by atoms with van der Waals surface area (Å²) in [5, 5.41) is 6.70. The molecule has 0 saturated heterocycles. The first kappa shape index (κ1) is 16.7. The fourth-order valence-electron chi connectivity index (χ4n) is 2.55. The zero-order valence-electron chi connectivity index (χ0n) is 14.0. The first-order chi connectivity index (χ1) is 11.6. The van der Waals surface area contributed by atoms with E-state index in [2.05, 4.69) is 41.8 Å². The maximum Gasteiger partial charge on any atom is 0.261 e.